The third-order valence-corrected chi connectivity index (χ3v) is 5.60. The van der Waals surface area contributed by atoms with Gasteiger partial charge in [0.2, 0.25) is 5.91 Å². The molecule has 1 fully saturated rings. The predicted octanol–water partition coefficient (Wildman–Crippen LogP) is 5.05. The van der Waals surface area contributed by atoms with Crippen molar-refractivity contribution in [3.8, 4) is 17.0 Å². The first-order valence-electron chi connectivity index (χ1n) is 10.1. The van der Waals surface area contributed by atoms with Crippen molar-refractivity contribution in [2.75, 3.05) is 17.7 Å². The number of anilines is 2. The SMILES string of the molecule is CCOc1ccc2c(N)c(-c3ccc(NC(=O)C4CCC4)cc3)n(CC)c2c1. The largest absolute Gasteiger partial charge is 0.494 e. The zero-order chi connectivity index (χ0) is 19.7. The van der Waals surface area contributed by atoms with Crippen molar-refractivity contribution in [1.29, 1.82) is 0 Å². The molecule has 0 aliphatic heterocycles. The van der Waals surface area contributed by atoms with E-state index in [0.29, 0.717) is 6.61 Å². The van der Waals surface area contributed by atoms with Crippen LogP contribution in [0.15, 0.2) is 42.5 Å². The molecule has 0 atom stereocenters. The van der Waals surface area contributed by atoms with Crippen LogP contribution in [0.4, 0.5) is 11.4 Å². The van der Waals surface area contributed by atoms with Gasteiger partial charge < -0.3 is 20.4 Å². The Balaban J connectivity index is 1.67. The van der Waals surface area contributed by atoms with Crippen molar-refractivity contribution in [2.45, 2.75) is 39.7 Å². The molecular formula is C23H27N3O2. The average Bonchev–Trinajstić information content (AvgIpc) is 2.92. The third-order valence-electron chi connectivity index (χ3n) is 5.60. The molecular weight excluding hydrogens is 350 g/mol. The van der Waals surface area contributed by atoms with Crippen molar-refractivity contribution in [2.24, 2.45) is 5.92 Å². The van der Waals surface area contributed by atoms with E-state index in [1.165, 1.54) is 0 Å². The van der Waals surface area contributed by atoms with Gasteiger partial charge in [0.1, 0.15) is 5.75 Å². The maximum Gasteiger partial charge on any atom is 0.227 e. The molecule has 1 aromatic heterocycles. The number of carbonyl (C=O) groups is 1. The number of hydrogen-bond donors (Lipinski definition) is 2. The van der Waals surface area contributed by atoms with E-state index in [1.807, 2.05) is 43.3 Å². The lowest BCUT2D eigenvalue weighted by molar-refractivity contribution is -0.122. The Morgan fingerprint density at radius 1 is 1.18 bits per heavy atom. The number of benzene rings is 2. The minimum atomic E-state index is 0.129. The molecule has 0 saturated heterocycles. The van der Waals surface area contributed by atoms with E-state index < -0.39 is 0 Å². The molecule has 1 amide bonds. The van der Waals surface area contributed by atoms with Crippen molar-refractivity contribution in [3.05, 3.63) is 42.5 Å². The van der Waals surface area contributed by atoms with Gasteiger partial charge >= 0.3 is 0 Å². The highest BCUT2D eigenvalue weighted by atomic mass is 16.5. The number of nitrogens with zero attached hydrogens (tertiary/aromatic N) is 1. The van der Waals surface area contributed by atoms with E-state index in [9.17, 15) is 4.79 Å². The van der Waals surface area contributed by atoms with E-state index >= 15 is 0 Å². The van der Waals surface area contributed by atoms with Gasteiger partial charge in [0.05, 0.1) is 23.5 Å². The molecule has 5 nitrogen and oxygen atoms in total. The molecule has 3 aromatic rings. The Morgan fingerprint density at radius 2 is 1.93 bits per heavy atom. The van der Waals surface area contributed by atoms with Crippen LogP contribution in [0.5, 0.6) is 5.75 Å². The molecule has 5 heteroatoms. The highest BCUT2D eigenvalue weighted by Gasteiger charge is 2.25. The standard InChI is InChI=1S/C23H27N3O2/c1-3-26-20-14-18(28-4-2)12-13-19(20)21(24)22(26)15-8-10-17(11-9-15)25-23(27)16-6-5-7-16/h8-14,16H,3-7,24H2,1-2H3,(H,25,27). The van der Waals surface area contributed by atoms with Crippen molar-refractivity contribution in [3.63, 3.8) is 0 Å². The Kier molecular flexibility index (Phi) is 4.99. The molecule has 0 radical (unpaired) electrons. The molecule has 1 saturated carbocycles. The monoisotopic (exact) mass is 377 g/mol. The lowest BCUT2D eigenvalue weighted by Crippen LogP contribution is -2.27. The van der Waals surface area contributed by atoms with Gasteiger partial charge in [0.15, 0.2) is 0 Å². The van der Waals surface area contributed by atoms with Crippen molar-refractivity contribution >= 4 is 28.2 Å². The Bertz CT molecular complexity index is 1000. The van der Waals surface area contributed by atoms with Gasteiger partial charge in [-0.1, -0.05) is 18.6 Å². The molecule has 146 valence electrons. The number of rotatable bonds is 6. The van der Waals surface area contributed by atoms with E-state index in [-0.39, 0.29) is 11.8 Å². The smallest absolute Gasteiger partial charge is 0.227 e. The second-order valence-electron chi connectivity index (χ2n) is 7.31. The summed E-state index contributed by atoms with van der Waals surface area (Å²) in [5.74, 6) is 1.16. The first kappa shape index (κ1) is 18.4. The molecule has 0 spiro atoms. The molecule has 0 unspecified atom stereocenters. The number of nitrogens with one attached hydrogen (secondary N) is 1. The fourth-order valence-corrected chi connectivity index (χ4v) is 3.88. The molecule has 3 N–H and O–H groups in total. The minimum Gasteiger partial charge on any atom is -0.494 e. The number of nitrogens with two attached hydrogens (primary N) is 1. The second-order valence-corrected chi connectivity index (χ2v) is 7.31. The normalized spacial score (nSPS) is 14.1. The summed E-state index contributed by atoms with van der Waals surface area (Å²) in [6.45, 7) is 5.53. The number of carbonyl (C=O) groups excluding carboxylic acids is 1. The van der Waals surface area contributed by atoms with Crippen molar-refractivity contribution in [1.82, 2.24) is 4.57 Å². The van der Waals surface area contributed by atoms with Crippen molar-refractivity contribution < 1.29 is 9.53 Å². The highest BCUT2D eigenvalue weighted by Crippen LogP contribution is 2.38. The average molecular weight is 377 g/mol. The topological polar surface area (TPSA) is 69.3 Å². The first-order chi connectivity index (χ1) is 13.6. The molecule has 1 heterocycles. The minimum absolute atomic E-state index is 0.129. The molecule has 0 bridgehead atoms. The maximum atomic E-state index is 12.2. The lowest BCUT2D eigenvalue weighted by Gasteiger charge is -2.24. The van der Waals surface area contributed by atoms with Gasteiger partial charge in [-0.2, -0.15) is 0 Å². The number of nitrogen functional groups attached to an aromatic ring is 1. The number of amides is 1. The van der Waals surface area contributed by atoms with Crippen LogP contribution in [-0.2, 0) is 11.3 Å². The van der Waals surface area contributed by atoms with E-state index in [2.05, 4.69) is 22.9 Å². The second kappa shape index (κ2) is 7.58. The summed E-state index contributed by atoms with van der Waals surface area (Å²) in [7, 11) is 0. The van der Waals surface area contributed by atoms with Gasteiger partial charge in [-0.3, -0.25) is 4.79 Å². The molecule has 1 aliphatic carbocycles. The third kappa shape index (κ3) is 3.21. The molecule has 2 aromatic carbocycles. The zero-order valence-corrected chi connectivity index (χ0v) is 16.5. The first-order valence-corrected chi connectivity index (χ1v) is 10.1. The van der Waals surface area contributed by atoms with Gasteiger partial charge in [-0.15, -0.1) is 0 Å². The maximum absolute atomic E-state index is 12.2. The summed E-state index contributed by atoms with van der Waals surface area (Å²) in [5, 5.41) is 4.05. The van der Waals surface area contributed by atoms with E-state index in [1.54, 1.807) is 0 Å². The summed E-state index contributed by atoms with van der Waals surface area (Å²) in [5.41, 5.74) is 11.2. The highest BCUT2D eigenvalue weighted by molar-refractivity contribution is 6.01. The molecule has 1 aliphatic rings. The number of ether oxygens (including phenoxy) is 1. The van der Waals surface area contributed by atoms with Gasteiger partial charge in [0, 0.05) is 35.2 Å². The summed E-state index contributed by atoms with van der Waals surface area (Å²) in [6, 6.07) is 14.0. The van der Waals surface area contributed by atoms with E-state index in [0.717, 1.165) is 65.1 Å². The zero-order valence-electron chi connectivity index (χ0n) is 16.5. The molecule has 28 heavy (non-hydrogen) atoms. The number of hydrogen-bond acceptors (Lipinski definition) is 3. The fraction of sp³-hybridized carbons (Fsp3) is 0.348. The summed E-state index contributed by atoms with van der Waals surface area (Å²) >= 11 is 0. The quantitative estimate of drug-likeness (QED) is 0.632. The Hall–Kier alpha value is -2.95. The van der Waals surface area contributed by atoms with E-state index in [4.69, 9.17) is 10.5 Å². The number of aromatic nitrogens is 1. The Labute approximate surface area is 165 Å². The summed E-state index contributed by atoms with van der Waals surface area (Å²) < 4.78 is 7.88. The Morgan fingerprint density at radius 3 is 2.54 bits per heavy atom. The van der Waals surface area contributed by atoms with Gasteiger partial charge in [-0.25, -0.2) is 0 Å². The van der Waals surface area contributed by atoms with Gasteiger partial charge in [0.25, 0.3) is 0 Å². The lowest BCUT2D eigenvalue weighted by atomic mass is 9.85. The van der Waals surface area contributed by atoms with Crippen LogP contribution < -0.4 is 15.8 Å². The van der Waals surface area contributed by atoms with Crippen LogP contribution in [0.3, 0.4) is 0 Å². The van der Waals surface area contributed by atoms with Crippen LogP contribution in [0.1, 0.15) is 33.1 Å². The van der Waals surface area contributed by atoms with Crippen LogP contribution in [0.25, 0.3) is 22.2 Å². The summed E-state index contributed by atoms with van der Waals surface area (Å²) in [6.07, 6.45) is 3.16. The fourth-order valence-electron chi connectivity index (χ4n) is 3.88. The van der Waals surface area contributed by atoms with Crippen LogP contribution in [0.2, 0.25) is 0 Å². The number of fused-ring (bicyclic) bond motifs is 1. The summed E-state index contributed by atoms with van der Waals surface area (Å²) in [4.78, 5) is 12.2. The number of aryl methyl sites for hydroxylation is 1. The van der Waals surface area contributed by atoms with Gasteiger partial charge in [-0.05, 0) is 51.0 Å². The van der Waals surface area contributed by atoms with Crippen LogP contribution >= 0.6 is 0 Å². The predicted molar refractivity (Wildman–Crippen MR) is 115 cm³/mol. The van der Waals surface area contributed by atoms with Crippen LogP contribution in [-0.4, -0.2) is 17.1 Å². The van der Waals surface area contributed by atoms with Crippen LogP contribution in [0, 0.1) is 5.92 Å². The molecule has 4 rings (SSSR count).